The summed E-state index contributed by atoms with van der Waals surface area (Å²) in [7, 11) is 0. The van der Waals surface area contributed by atoms with E-state index >= 15 is 0 Å². The first kappa shape index (κ1) is 15.8. The Bertz CT molecular complexity index is 453. The topological polar surface area (TPSA) is 65.5 Å². The third kappa shape index (κ3) is 4.70. The van der Waals surface area contributed by atoms with Gasteiger partial charge in [-0.25, -0.2) is 4.98 Å². The molecule has 0 aromatic carbocycles. The second-order valence-electron chi connectivity index (χ2n) is 6.01. The minimum atomic E-state index is -0.583. The average molecular weight is 291 g/mol. The van der Waals surface area contributed by atoms with Crippen LogP contribution in [0.2, 0.25) is 0 Å². The number of aliphatic hydroxyl groups excluding tert-OH is 1. The van der Waals surface area contributed by atoms with Crippen LogP contribution in [0.5, 0.6) is 0 Å². The predicted molar refractivity (Wildman–Crippen MR) is 83.0 cm³/mol. The molecular weight excluding hydrogens is 266 g/mol. The van der Waals surface area contributed by atoms with Gasteiger partial charge in [0.2, 0.25) is 5.91 Å². The fraction of sp³-hybridized carbons (Fsp3) is 0.625. The first-order chi connectivity index (χ1) is 10.1. The molecule has 0 radical (unpaired) electrons. The van der Waals surface area contributed by atoms with Gasteiger partial charge in [0.1, 0.15) is 5.82 Å². The molecule has 0 spiro atoms. The molecule has 1 aromatic rings. The van der Waals surface area contributed by atoms with E-state index in [0.29, 0.717) is 6.54 Å². The molecule has 0 bridgehead atoms. The number of amides is 1. The molecule has 1 unspecified atom stereocenters. The highest BCUT2D eigenvalue weighted by molar-refractivity contribution is 5.76. The van der Waals surface area contributed by atoms with Crippen molar-refractivity contribution in [3.63, 3.8) is 0 Å². The van der Waals surface area contributed by atoms with Crippen molar-refractivity contribution < 1.29 is 9.90 Å². The third-order valence-electron chi connectivity index (χ3n) is 3.89. The van der Waals surface area contributed by atoms with Crippen molar-refractivity contribution >= 4 is 11.7 Å². The van der Waals surface area contributed by atoms with E-state index in [-0.39, 0.29) is 18.2 Å². The maximum atomic E-state index is 11.7. The molecule has 2 N–H and O–H groups in total. The molecule has 116 valence electrons. The zero-order chi connectivity index (χ0) is 15.2. The maximum Gasteiger partial charge on any atom is 0.222 e. The zero-order valence-corrected chi connectivity index (χ0v) is 12.9. The van der Waals surface area contributed by atoms with Crippen LogP contribution < -0.4 is 10.2 Å². The number of hydrogen-bond acceptors (Lipinski definition) is 4. The second-order valence-corrected chi connectivity index (χ2v) is 6.01. The van der Waals surface area contributed by atoms with Crippen LogP contribution in [0.15, 0.2) is 18.3 Å². The number of nitrogens with zero attached hydrogens (tertiary/aromatic N) is 2. The zero-order valence-electron chi connectivity index (χ0n) is 12.9. The van der Waals surface area contributed by atoms with Gasteiger partial charge in [-0.3, -0.25) is 4.79 Å². The molecule has 21 heavy (non-hydrogen) atoms. The molecule has 1 saturated heterocycles. The lowest BCUT2D eigenvalue weighted by Crippen LogP contribution is -2.29. The van der Waals surface area contributed by atoms with Crippen LogP contribution in [-0.2, 0) is 11.3 Å². The van der Waals surface area contributed by atoms with Crippen molar-refractivity contribution in [2.45, 2.75) is 45.8 Å². The summed E-state index contributed by atoms with van der Waals surface area (Å²) >= 11 is 0. The average Bonchev–Trinajstić information content (AvgIpc) is 2.99. The van der Waals surface area contributed by atoms with Crippen molar-refractivity contribution in [2.24, 2.45) is 5.92 Å². The lowest BCUT2D eigenvalue weighted by molar-refractivity contribution is -0.123. The standard InChI is InChI=1S/C16H25N3O2/c1-12(2)14(20)9-16(21)18-11-13-5-6-15(17-10-13)19-7-3-4-8-19/h5-6,10,12,14,20H,3-4,7-9,11H2,1-2H3,(H,18,21). The van der Waals surface area contributed by atoms with Crippen LogP contribution in [0, 0.1) is 5.92 Å². The van der Waals surface area contributed by atoms with Gasteiger partial charge in [-0.05, 0) is 30.4 Å². The van der Waals surface area contributed by atoms with E-state index in [1.807, 2.05) is 32.2 Å². The van der Waals surface area contributed by atoms with Gasteiger partial charge in [0.05, 0.1) is 12.5 Å². The molecular formula is C16H25N3O2. The van der Waals surface area contributed by atoms with E-state index in [9.17, 15) is 9.90 Å². The number of anilines is 1. The number of rotatable bonds is 6. The van der Waals surface area contributed by atoms with Gasteiger partial charge in [0.25, 0.3) is 0 Å². The van der Waals surface area contributed by atoms with E-state index in [1.165, 1.54) is 12.8 Å². The molecule has 0 saturated carbocycles. The number of pyridine rings is 1. The molecule has 2 heterocycles. The Morgan fingerprint density at radius 1 is 1.38 bits per heavy atom. The second kappa shape index (κ2) is 7.41. The van der Waals surface area contributed by atoms with Gasteiger partial charge in [0, 0.05) is 25.8 Å². The molecule has 2 rings (SSSR count). The number of carbonyl (C=O) groups excluding carboxylic acids is 1. The van der Waals surface area contributed by atoms with Crippen LogP contribution >= 0.6 is 0 Å². The highest BCUT2D eigenvalue weighted by Crippen LogP contribution is 2.17. The summed E-state index contributed by atoms with van der Waals surface area (Å²) in [5.41, 5.74) is 0.977. The Morgan fingerprint density at radius 2 is 2.10 bits per heavy atom. The molecule has 1 aromatic heterocycles. The highest BCUT2D eigenvalue weighted by Gasteiger charge is 2.15. The quantitative estimate of drug-likeness (QED) is 0.837. The summed E-state index contributed by atoms with van der Waals surface area (Å²) in [4.78, 5) is 18.4. The third-order valence-corrected chi connectivity index (χ3v) is 3.89. The van der Waals surface area contributed by atoms with Gasteiger partial charge in [-0.2, -0.15) is 0 Å². The fourth-order valence-corrected chi connectivity index (χ4v) is 2.35. The van der Waals surface area contributed by atoms with Crippen molar-refractivity contribution in [3.05, 3.63) is 23.9 Å². The largest absolute Gasteiger partial charge is 0.392 e. The molecule has 5 nitrogen and oxygen atoms in total. The lowest BCUT2D eigenvalue weighted by Gasteiger charge is -2.16. The molecule has 1 amide bonds. The maximum absolute atomic E-state index is 11.7. The molecule has 0 aliphatic carbocycles. The van der Waals surface area contributed by atoms with E-state index in [4.69, 9.17) is 0 Å². The monoisotopic (exact) mass is 291 g/mol. The molecule has 5 heteroatoms. The summed E-state index contributed by atoms with van der Waals surface area (Å²) in [5, 5.41) is 12.5. The number of aromatic nitrogens is 1. The number of hydrogen-bond donors (Lipinski definition) is 2. The Labute approximate surface area is 126 Å². The normalized spacial score (nSPS) is 16.3. The number of aliphatic hydroxyl groups is 1. The van der Waals surface area contributed by atoms with Gasteiger partial charge < -0.3 is 15.3 Å². The Balaban J connectivity index is 1.79. The predicted octanol–water partition coefficient (Wildman–Crippen LogP) is 1.70. The van der Waals surface area contributed by atoms with Crippen LogP contribution in [0.3, 0.4) is 0 Å². The highest BCUT2D eigenvalue weighted by atomic mass is 16.3. The molecule has 1 aliphatic rings. The SMILES string of the molecule is CC(C)C(O)CC(=O)NCc1ccc(N2CCCC2)nc1. The van der Waals surface area contributed by atoms with Gasteiger partial charge in [-0.15, -0.1) is 0 Å². The molecule has 1 fully saturated rings. The molecule has 1 aliphatic heterocycles. The van der Waals surface area contributed by atoms with Crippen LogP contribution in [-0.4, -0.2) is 35.2 Å². The van der Waals surface area contributed by atoms with Crippen LogP contribution in [0.4, 0.5) is 5.82 Å². The summed E-state index contributed by atoms with van der Waals surface area (Å²) in [5.74, 6) is 0.981. The summed E-state index contributed by atoms with van der Waals surface area (Å²) < 4.78 is 0. The summed E-state index contributed by atoms with van der Waals surface area (Å²) in [6.07, 6.45) is 3.85. The Kier molecular flexibility index (Phi) is 5.56. The smallest absolute Gasteiger partial charge is 0.222 e. The molecule has 1 atom stereocenters. The van der Waals surface area contributed by atoms with Crippen molar-refractivity contribution in [3.8, 4) is 0 Å². The van der Waals surface area contributed by atoms with Crippen molar-refractivity contribution in [1.82, 2.24) is 10.3 Å². The van der Waals surface area contributed by atoms with Crippen molar-refractivity contribution in [1.29, 1.82) is 0 Å². The van der Waals surface area contributed by atoms with Gasteiger partial charge >= 0.3 is 0 Å². The fourth-order valence-electron chi connectivity index (χ4n) is 2.35. The minimum absolute atomic E-state index is 0.0946. The van der Waals surface area contributed by atoms with Crippen molar-refractivity contribution in [2.75, 3.05) is 18.0 Å². The van der Waals surface area contributed by atoms with Crippen LogP contribution in [0.1, 0.15) is 38.7 Å². The van der Waals surface area contributed by atoms with E-state index in [0.717, 1.165) is 24.5 Å². The Hall–Kier alpha value is -1.62. The van der Waals surface area contributed by atoms with Gasteiger partial charge in [0.15, 0.2) is 0 Å². The van der Waals surface area contributed by atoms with Crippen LogP contribution in [0.25, 0.3) is 0 Å². The number of carbonyl (C=O) groups is 1. The first-order valence-electron chi connectivity index (χ1n) is 7.71. The number of nitrogens with one attached hydrogen (secondary N) is 1. The summed E-state index contributed by atoms with van der Waals surface area (Å²) in [6, 6.07) is 4.01. The van der Waals surface area contributed by atoms with E-state index < -0.39 is 6.10 Å². The van der Waals surface area contributed by atoms with Gasteiger partial charge in [-0.1, -0.05) is 19.9 Å². The van der Waals surface area contributed by atoms with E-state index in [1.54, 1.807) is 0 Å². The summed E-state index contributed by atoms with van der Waals surface area (Å²) in [6.45, 7) is 6.42. The first-order valence-corrected chi connectivity index (χ1v) is 7.71. The Morgan fingerprint density at radius 3 is 2.67 bits per heavy atom. The lowest BCUT2D eigenvalue weighted by atomic mass is 10.0. The minimum Gasteiger partial charge on any atom is -0.392 e. The van der Waals surface area contributed by atoms with E-state index in [2.05, 4.69) is 15.2 Å².